The second-order valence-corrected chi connectivity index (χ2v) is 4.01. The topological polar surface area (TPSA) is 30.5 Å². The highest BCUT2D eigenvalue weighted by atomic mass is 19.2. The Morgan fingerprint density at radius 1 is 1.29 bits per heavy atom. The number of rotatable bonds is 3. The molecule has 1 aromatic rings. The normalized spacial score (nSPS) is 19.4. The van der Waals surface area contributed by atoms with E-state index < -0.39 is 11.6 Å². The van der Waals surface area contributed by atoms with E-state index >= 15 is 0 Å². The standard InChI is InChI=1S/C12H15F2NO2/c1-16-9-5-8(13)11(14)10(12(9)17-2)7-3-4-15-6-7/h5,7,15H,3-4,6H2,1-2H3. The van der Waals surface area contributed by atoms with Crippen molar-refractivity contribution in [3.63, 3.8) is 0 Å². The van der Waals surface area contributed by atoms with Gasteiger partial charge in [0.2, 0.25) is 0 Å². The third kappa shape index (κ3) is 2.07. The van der Waals surface area contributed by atoms with Gasteiger partial charge in [-0.2, -0.15) is 0 Å². The van der Waals surface area contributed by atoms with Gasteiger partial charge in [0.25, 0.3) is 0 Å². The van der Waals surface area contributed by atoms with Crippen LogP contribution in [0.2, 0.25) is 0 Å². The van der Waals surface area contributed by atoms with Gasteiger partial charge >= 0.3 is 0 Å². The number of hydrogen-bond donors (Lipinski definition) is 1. The largest absolute Gasteiger partial charge is 0.493 e. The lowest BCUT2D eigenvalue weighted by molar-refractivity contribution is 0.339. The molecule has 1 heterocycles. The summed E-state index contributed by atoms with van der Waals surface area (Å²) in [5, 5.41) is 3.12. The molecule has 1 aromatic carbocycles. The second kappa shape index (κ2) is 4.87. The Morgan fingerprint density at radius 3 is 2.59 bits per heavy atom. The van der Waals surface area contributed by atoms with Crippen molar-refractivity contribution in [1.29, 1.82) is 0 Å². The van der Waals surface area contributed by atoms with Crippen molar-refractivity contribution in [1.82, 2.24) is 5.32 Å². The number of hydrogen-bond acceptors (Lipinski definition) is 3. The van der Waals surface area contributed by atoms with Gasteiger partial charge in [0, 0.05) is 24.1 Å². The molecule has 0 amide bonds. The number of benzene rings is 1. The van der Waals surface area contributed by atoms with Crippen LogP contribution in [0.1, 0.15) is 17.9 Å². The molecule has 1 atom stereocenters. The molecule has 1 aliphatic heterocycles. The lowest BCUT2D eigenvalue weighted by Gasteiger charge is -2.18. The van der Waals surface area contributed by atoms with Crippen molar-refractivity contribution < 1.29 is 18.3 Å². The monoisotopic (exact) mass is 243 g/mol. The van der Waals surface area contributed by atoms with Gasteiger partial charge in [-0.25, -0.2) is 8.78 Å². The molecule has 0 bridgehead atoms. The zero-order valence-corrected chi connectivity index (χ0v) is 9.85. The van der Waals surface area contributed by atoms with Gasteiger partial charge in [0.1, 0.15) is 0 Å². The first-order valence-corrected chi connectivity index (χ1v) is 5.49. The highest BCUT2D eigenvalue weighted by Gasteiger charge is 2.28. The molecule has 0 aromatic heterocycles. The first-order valence-electron chi connectivity index (χ1n) is 5.49. The molecule has 1 saturated heterocycles. The summed E-state index contributed by atoms with van der Waals surface area (Å²) >= 11 is 0. The third-order valence-corrected chi connectivity index (χ3v) is 3.06. The van der Waals surface area contributed by atoms with E-state index in [1.54, 1.807) is 0 Å². The van der Waals surface area contributed by atoms with Crippen LogP contribution in [-0.2, 0) is 0 Å². The number of methoxy groups -OCH3 is 2. The highest BCUT2D eigenvalue weighted by Crippen LogP contribution is 2.40. The van der Waals surface area contributed by atoms with Crippen molar-refractivity contribution in [3.8, 4) is 11.5 Å². The van der Waals surface area contributed by atoms with E-state index in [2.05, 4.69) is 5.32 Å². The summed E-state index contributed by atoms with van der Waals surface area (Å²) in [5.74, 6) is -1.29. The van der Waals surface area contributed by atoms with Gasteiger partial charge in [-0.15, -0.1) is 0 Å². The fraction of sp³-hybridized carbons (Fsp3) is 0.500. The zero-order chi connectivity index (χ0) is 12.4. The number of ether oxygens (including phenoxy) is 2. The quantitative estimate of drug-likeness (QED) is 0.881. The Bertz CT molecular complexity index is 417. The SMILES string of the molecule is COc1cc(F)c(F)c(C2CCNC2)c1OC. The van der Waals surface area contributed by atoms with Gasteiger partial charge < -0.3 is 14.8 Å². The molecule has 17 heavy (non-hydrogen) atoms. The summed E-state index contributed by atoms with van der Waals surface area (Å²) in [6.07, 6.45) is 0.764. The maximum absolute atomic E-state index is 13.9. The second-order valence-electron chi connectivity index (χ2n) is 4.01. The molecule has 94 valence electrons. The molecule has 1 N–H and O–H groups in total. The van der Waals surface area contributed by atoms with Crippen molar-refractivity contribution in [2.45, 2.75) is 12.3 Å². The summed E-state index contributed by atoms with van der Waals surface area (Å²) < 4.78 is 37.5. The predicted molar refractivity (Wildman–Crippen MR) is 59.7 cm³/mol. The highest BCUT2D eigenvalue weighted by molar-refractivity contribution is 5.50. The van der Waals surface area contributed by atoms with E-state index in [0.717, 1.165) is 19.0 Å². The third-order valence-electron chi connectivity index (χ3n) is 3.06. The molecule has 1 unspecified atom stereocenters. The van der Waals surface area contributed by atoms with Gasteiger partial charge in [-0.1, -0.05) is 0 Å². The Hall–Kier alpha value is -1.36. The smallest absolute Gasteiger partial charge is 0.167 e. The number of halogens is 2. The van der Waals surface area contributed by atoms with E-state index in [1.807, 2.05) is 0 Å². The van der Waals surface area contributed by atoms with Crippen LogP contribution in [0.4, 0.5) is 8.78 Å². The van der Waals surface area contributed by atoms with Gasteiger partial charge in [0.15, 0.2) is 23.1 Å². The maximum atomic E-state index is 13.9. The van der Waals surface area contributed by atoms with Gasteiger partial charge in [-0.3, -0.25) is 0 Å². The first-order chi connectivity index (χ1) is 8.19. The minimum absolute atomic E-state index is 0.0745. The molecule has 1 aliphatic rings. The summed E-state index contributed by atoms with van der Waals surface area (Å²) in [6.45, 7) is 1.42. The fourth-order valence-electron chi connectivity index (χ4n) is 2.23. The first kappa shape index (κ1) is 12.1. The van der Waals surface area contributed by atoms with Crippen LogP contribution in [0.25, 0.3) is 0 Å². The summed E-state index contributed by atoms with van der Waals surface area (Å²) in [5.41, 5.74) is 0.273. The van der Waals surface area contributed by atoms with Gasteiger partial charge in [-0.05, 0) is 13.0 Å². The Balaban J connectivity index is 2.56. The molecular weight excluding hydrogens is 228 g/mol. The maximum Gasteiger partial charge on any atom is 0.167 e. The predicted octanol–water partition coefficient (Wildman–Crippen LogP) is 2.06. The average molecular weight is 243 g/mol. The molecule has 3 nitrogen and oxygen atoms in total. The molecule has 0 radical (unpaired) electrons. The minimum atomic E-state index is -0.899. The van der Waals surface area contributed by atoms with Crippen LogP contribution >= 0.6 is 0 Å². The molecular formula is C12H15F2NO2. The van der Waals surface area contributed by atoms with E-state index in [1.165, 1.54) is 14.2 Å². The summed E-state index contributed by atoms with van der Waals surface area (Å²) in [7, 11) is 2.84. The van der Waals surface area contributed by atoms with Crippen LogP contribution in [0, 0.1) is 11.6 Å². The lowest BCUT2D eigenvalue weighted by Crippen LogP contribution is -2.11. The molecule has 0 spiro atoms. The molecule has 2 rings (SSSR count). The van der Waals surface area contributed by atoms with E-state index in [-0.39, 0.29) is 17.2 Å². The van der Waals surface area contributed by atoms with Crippen LogP contribution in [0.3, 0.4) is 0 Å². The summed E-state index contributed by atoms with van der Waals surface area (Å²) in [6, 6.07) is 1.01. The van der Waals surface area contributed by atoms with Crippen LogP contribution in [-0.4, -0.2) is 27.3 Å². The summed E-state index contributed by atoms with van der Waals surface area (Å²) in [4.78, 5) is 0. The zero-order valence-electron chi connectivity index (χ0n) is 9.85. The van der Waals surface area contributed by atoms with E-state index in [4.69, 9.17) is 9.47 Å². The van der Waals surface area contributed by atoms with Crippen molar-refractivity contribution in [2.24, 2.45) is 0 Å². The fourth-order valence-corrected chi connectivity index (χ4v) is 2.23. The Kier molecular flexibility index (Phi) is 3.47. The molecule has 1 fully saturated rings. The molecule has 0 saturated carbocycles. The average Bonchev–Trinajstić information content (AvgIpc) is 2.85. The molecule has 0 aliphatic carbocycles. The molecule has 5 heteroatoms. The van der Waals surface area contributed by atoms with Crippen LogP contribution < -0.4 is 14.8 Å². The van der Waals surface area contributed by atoms with Crippen molar-refractivity contribution in [2.75, 3.05) is 27.3 Å². The van der Waals surface area contributed by atoms with Crippen LogP contribution in [0.5, 0.6) is 11.5 Å². The van der Waals surface area contributed by atoms with E-state index in [9.17, 15) is 8.78 Å². The van der Waals surface area contributed by atoms with Gasteiger partial charge in [0.05, 0.1) is 14.2 Å². The number of nitrogens with one attached hydrogen (secondary N) is 1. The van der Waals surface area contributed by atoms with Crippen LogP contribution in [0.15, 0.2) is 6.07 Å². The Morgan fingerprint density at radius 2 is 2.06 bits per heavy atom. The van der Waals surface area contributed by atoms with E-state index in [0.29, 0.717) is 12.3 Å². The van der Waals surface area contributed by atoms with Crippen molar-refractivity contribution >= 4 is 0 Å². The minimum Gasteiger partial charge on any atom is -0.493 e. The van der Waals surface area contributed by atoms with Crippen molar-refractivity contribution in [3.05, 3.63) is 23.3 Å². The Labute approximate surface area is 98.7 Å². The lowest BCUT2D eigenvalue weighted by atomic mass is 9.96.